The van der Waals surface area contributed by atoms with Crippen LogP contribution in [0.15, 0.2) is 10.5 Å². The predicted molar refractivity (Wildman–Crippen MR) is 70.0 cm³/mol. The van der Waals surface area contributed by atoms with Gasteiger partial charge in [0.05, 0.1) is 4.47 Å². The van der Waals surface area contributed by atoms with E-state index < -0.39 is 11.6 Å². The van der Waals surface area contributed by atoms with E-state index in [0.29, 0.717) is 18.0 Å². The lowest BCUT2D eigenvalue weighted by molar-refractivity contribution is 0.303. The second-order valence-electron chi connectivity index (χ2n) is 4.75. The summed E-state index contributed by atoms with van der Waals surface area (Å²) in [4.78, 5) is 2.01. The lowest BCUT2D eigenvalue weighted by atomic mass is 9.99. The van der Waals surface area contributed by atoms with Crippen molar-refractivity contribution < 1.29 is 14.6 Å². The minimum absolute atomic E-state index is 0.139. The zero-order valence-corrected chi connectivity index (χ0v) is 11.6. The van der Waals surface area contributed by atoms with Crippen molar-refractivity contribution in [1.82, 2.24) is 4.90 Å². The first-order valence-electron chi connectivity index (χ1n) is 5.75. The van der Waals surface area contributed by atoms with Crippen molar-refractivity contribution in [2.75, 3.05) is 20.1 Å². The highest BCUT2D eigenvalue weighted by molar-refractivity contribution is 9.10. The van der Waals surface area contributed by atoms with Crippen molar-refractivity contribution in [3.63, 3.8) is 0 Å². The Kier molecular flexibility index (Phi) is 3.79. The molecule has 1 fully saturated rings. The molecule has 1 aromatic carbocycles. The number of nitrogens with zero attached hydrogens (tertiary/aromatic N) is 1. The first-order valence-corrected chi connectivity index (χ1v) is 6.55. The van der Waals surface area contributed by atoms with Gasteiger partial charge in [-0.25, -0.2) is 4.39 Å². The number of aromatic hydroxyl groups is 2. The molecule has 1 saturated heterocycles. The SMILES string of the molecule is CN1CC(CN)CC1c1c(F)cc(O)c(O)c1Br. The third-order valence-corrected chi connectivity index (χ3v) is 4.31. The van der Waals surface area contributed by atoms with Crippen LogP contribution in [0, 0.1) is 11.7 Å². The largest absolute Gasteiger partial charge is 0.504 e. The summed E-state index contributed by atoms with van der Waals surface area (Å²) < 4.78 is 14.2. The lowest BCUT2D eigenvalue weighted by Crippen LogP contribution is -2.21. The molecule has 1 heterocycles. The number of likely N-dealkylation sites (tertiary alicyclic amines) is 1. The number of halogens is 2. The molecule has 0 aromatic heterocycles. The van der Waals surface area contributed by atoms with Crippen LogP contribution in [0.2, 0.25) is 0 Å². The van der Waals surface area contributed by atoms with E-state index in [1.807, 2.05) is 11.9 Å². The summed E-state index contributed by atoms with van der Waals surface area (Å²) in [5.41, 5.74) is 6.02. The van der Waals surface area contributed by atoms with E-state index in [0.717, 1.165) is 19.0 Å². The van der Waals surface area contributed by atoms with E-state index in [-0.39, 0.29) is 16.3 Å². The normalized spacial score (nSPS) is 24.7. The molecule has 0 spiro atoms. The van der Waals surface area contributed by atoms with E-state index in [4.69, 9.17) is 5.73 Å². The zero-order chi connectivity index (χ0) is 13.4. The van der Waals surface area contributed by atoms with E-state index in [9.17, 15) is 14.6 Å². The average Bonchev–Trinajstić information content (AvgIpc) is 2.68. The summed E-state index contributed by atoms with van der Waals surface area (Å²) in [5.74, 6) is -0.982. The Morgan fingerprint density at radius 1 is 1.56 bits per heavy atom. The Labute approximate surface area is 113 Å². The van der Waals surface area contributed by atoms with Gasteiger partial charge in [-0.2, -0.15) is 0 Å². The minimum atomic E-state index is -0.522. The highest BCUT2D eigenvalue weighted by Gasteiger charge is 2.34. The van der Waals surface area contributed by atoms with Gasteiger partial charge in [-0.15, -0.1) is 0 Å². The molecule has 0 radical (unpaired) electrons. The molecule has 0 aliphatic carbocycles. The summed E-state index contributed by atoms with van der Waals surface area (Å²) in [5, 5.41) is 19.0. The molecule has 0 bridgehead atoms. The molecule has 100 valence electrons. The summed E-state index contributed by atoms with van der Waals surface area (Å²) in [7, 11) is 1.90. The molecule has 1 aliphatic rings. The molecular formula is C12H16BrFN2O2. The quantitative estimate of drug-likeness (QED) is 0.729. The monoisotopic (exact) mass is 318 g/mol. The second-order valence-corrected chi connectivity index (χ2v) is 5.54. The van der Waals surface area contributed by atoms with Crippen LogP contribution in [0.25, 0.3) is 0 Å². The van der Waals surface area contributed by atoms with Crippen LogP contribution >= 0.6 is 15.9 Å². The fourth-order valence-corrected chi connectivity index (χ4v) is 3.19. The van der Waals surface area contributed by atoms with E-state index >= 15 is 0 Å². The fourth-order valence-electron chi connectivity index (χ4n) is 2.53. The Morgan fingerprint density at radius 3 is 2.78 bits per heavy atom. The molecule has 2 rings (SSSR count). The molecule has 18 heavy (non-hydrogen) atoms. The first-order chi connectivity index (χ1) is 8.45. The van der Waals surface area contributed by atoms with Crippen LogP contribution in [0.5, 0.6) is 11.5 Å². The molecule has 4 nitrogen and oxygen atoms in total. The van der Waals surface area contributed by atoms with Gasteiger partial charge in [-0.1, -0.05) is 0 Å². The number of rotatable bonds is 2. The van der Waals surface area contributed by atoms with Crippen molar-refractivity contribution >= 4 is 15.9 Å². The number of hydrogen-bond acceptors (Lipinski definition) is 4. The van der Waals surface area contributed by atoms with Gasteiger partial charge in [0.1, 0.15) is 5.82 Å². The van der Waals surface area contributed by atoms with Gasteiger partial charge >= 0.3 is 0 Å². The van der Waals surface area contributed by atoms with Crippen molar-refractivity contribution in [3.8, 4) is 11.5 Å². The molecule has 1 aliphatic heterocycles. The summed E-state index contributed by atoms with van der Waals surface area (Å²) >= 11 is 3.15. The number of hydrogen-bond donors (Lipinski definition) is 3. The summed E-state index contributed by atoms with van der Waals surface area (Å²) in [6.07, 6.45) is 0.743. The zero-order valence-electron chi connectivity index (χ0n) is 10.0. The number of phenolic OH excluding ortho intramolecular Hbond substituents is 2. The van der Waals surface area contributed by atoms with Gasteiger partial charge in [0, 0.05) is 24.2 Å². The van der Waals surface area contributed by atoms with Crippen LogP contribution < -0.4 is 5.73 Å². The Morgan fingerprint density at radius 2 is 2.22 bits per heavy atom. The fraction of sp³-hybridized carbons (Fsp3) is 0.500. The van der Waals surface area contributed by atoms with Crippen LogP contribution in [0.1, 0.15) is 18.0 Å². The van der Waals surface area contributed by atoms with Crippen LogP contribution in [0.3, 0.4) is 0 Å². The van der Waals surface area contributed by atoms with Crippen molar-refractivity contribution in [2.45, 2.75) is 12.5 Å². The smallest absolute Gasteiger partial charge is 0.172 e. The Balaban J connectivity index is 2.43. The highest BCUT2D eigenvalue weighted by Crippen LogP contribution is 2.45. The first kappa shape index (κ1) is 13.6. The standard InChI is InChI=1S/C12H16BrFN2O2/c1-16-5-6(4-15)2-8(16)10-7(14)3-9(17)12(18)11(10)13/h3,6,8,17-18H,2,4-5,15H2,1H3. The van der Waals surface area contributed by atoms with Crippen molar-refractivity contribution in [2.24, 2.45) is 11.7 Å². The Bertz CT molecular complexity index is 470. The highest BCUT2D eigenvalue weighted by atomic mass is 79.9. The maximum absolute atomic E-state index is 14.0. The van der Waals surface area contributed by atoms with Crippen molar-refractivity contribution in [1.29, 1.82) is 0 Å². The van der Waals surface area contributed by atoms with Gasteiger partial charge in [0.2, 0.25) is 0 Å². The minimum Gasteiger partial charge on any atom is -0.504 e. The molecule has 2 atom stereocenters. The maximum Gasteiger partial charge on any atom is 0.172 e. The van der Waals surface area contributed by atoms with Gasteiger partial charge in [-0.05, 0) is 41.9 Å². The van der Waals surface area contributed by atoms with E-state index in [2.05, 4.69) is 15.9 Å². The second kappa shape index (κ2) is 5.03. The molecule has 6 heteroatoms. The van der Waals surface area contributed by atoms with Crippen molar-refractivity contribution in [3.05, 3.63) is 21.9 Å². The molecular weight excluding hydrogens is 303 g/mol. The molecule has 1 aromatic rings. The molecule has 4 N–H and O–H groups in total. The average molecular weight is 319 g/mol. The lowest BCUT2D eigenvalue weighted by Gasteiger charge is -2.22. The molecule has 0 saturated carbocycles. The topological polar surface area (TPSA) is 69.7 Å². The molecule has 2 unspecified atom stereocenters. The number of benzene rings is 1. The van der Waals surface area contributed by atoms with Gasteiger partial charge in [0.25, 0.3) is 0 Å². The van der Waals surface area contributed by atoms with Crippen LogP contribution in [0.4, 0.5) is 4.39 Å². The maximum atomic E-state index is 14.0. The van der Waals surface area contributed by atoms with Gasteiger partial charge < -0.3 is 15.9 Å². The third kappa shape index (κ3) is 2.20. The summed E-state index contributed by atoms with van der Waals surface area (Å²) in [6.45, 7) is 1.36. The van der Waals surface area contributed by atoms with Crippen LogP contribution in [-0.2, 0) is 0 Å². The van der Waals surface area contributed by atoms with Crippen LogP contribution in [-0.4, -0.2) is 35.3 Å². The summed E-state index contributed by atoms with van der Waals surface area (Å²) in [6, 6.07) is 0.804. The predicted octanol–water partition coefficient (Wildman–Crippen LogP) is 1.95. The number of nitrogens with two attached hydrogens (primary N) is 1. The van der Waals surface area contributed by atoms with E-state index in [1.165, 1.54) is 0 Å². The van der Waals surface area contributed by atoms with Gasteiger partial charge in [0.15, 0.2) is 11.5 Å². The third-order valence-electron chi connectivity index (χ3n) is 3.51. The molecule has 0 amide bonds. The Hall–Kier alpha value is -0.850. The van der Waals surface area contributed by atoms with E-state index in [1.54, 1.807) is 0 Å². The number of phenols is 2. The van der Waals surface area contributed by atoms with Gasteiger partial charge in [-0.3, -0.25) is 4.90 Å².